The van der Waals surface area contributed by atoms with Crippen molar-refractivity contribution in [3.8, 4) is 5.75 Å². The Balaban J connectivity index is 3.09. The van der Waals surface area contributed by atoms with Gasteiger partial charge in [0.2, 0.25) is 5.91 Å². The predicted octanol–water partition coefficient (Wildman–Crippen LogP) is 3.57. The molecule has 0 saturated heterocycles. The van der Waals surface area contributed by atoms with Crippen molar-refractivity contribution in [1.82, 2.24) is 0 Å². The van der Waals surface area contributed by atoms with Gasteiger partial charge in [0, 0.05) is 5.02 Å². The molecule has 0 aliphatic heterocycles. The monoisotopic (exact) mass is 348 g/mol. The maximum Gasteiger partial charge on any atom is 0.244 e. The highest BCUT2D eigenvalue weighted by Gasteiger charge is 2.27. The van der Waals surface area contributed by atoms with Crippen molar-refractivity contribution in [1.29, 1.82) is 0 Å². The van der Waals surface area contributed by atoms with Crippen LogP contribution in [0.4, 0.5) is 5.69 Å². The van der Waals surface area contributed by atoms with Crippen LogP contribution in [0, 0.1) is 0 Å². The van der Waals surface area contributed by atoms with Gasteiger partial charge in [-0.2, -0.15) is 0 Å². The number of hydrogen-bond donors (Lipinski definition) is 2. The number of nitrogens with two attached hydrogens (primary N) is 1. The molecule has 3 N–H and O–H groups in total. The Morgan fingerprint density at radius 3 is 2.68 bits per heavy atom. The van der Waals surface area contributed by atoms with E-state index in [1.54, 1.807) is 19.1 Å². The summed E-state index contributed by atoms with van der Waals surface area (Å²) in [6, 6.07) is 3.35. The van der Waals surface area contributed by atoms with Crippen LogP contribution in [0.2, 0.25) is 5.02 Å². The van der Waals surface area contributed by atoms with E-state index < -0.39 is 5.54 Å². The highest BCUT2D eigenvalue weighted by molar-refractivity contribution is 9.10. The third-order valence-corrected chi connectivity index (χ3v) is 3.61. The molecule has 0 heterocycles. The van der Waals surface area contributed by atoms with Crippen molar-refractivity contribution in [2.75, 3.05) is 11.9 Å². The minimum Gasteiger partial charge on any atom is -0.491 e. The number of carbonyl (C=O) groups is 1. The highest BCUT2D eigenvalue weighted by atomic mass is 79.9. The van der Waals surface area contributed by atoms with Crippen molar-refractivity contribution in [3.63, 3.8) is 0 Å². The number of halogens is 2. The van der Waals surface area contributed by atoms with Gasteiger partial charge in [-0.3, -0.25) is 4.79 Å². The molecule has 0 aliphatic carbocycles. The van der Waals surface area contributed by atoms with Crippen molar-refractivity contribution in [3.05, 3.63) is 21.6 Å². The lowest BCUT2D eigenvalue weighted by atomic mass is 9.99. The van der Waals surface area contributed by atoms with Gasteiger partial charge < -0.3 is 15.8 Å². The van der Waals surface area contributed by atoms with Crippen molar-refractivity contribution in [2.45, 2.75) is 32.7 Å². The van der Waals surface area contributed by atoms with Crippen LogP contribution in [0.5, 0.6) is 5.75 Å². The zero-order valence-electron chi connectivity index (χ0n) is 11.2. The molecule has 6 heteroatoms. The van der Waals surface area contributed by atoms with E-state index in [1.165, 1.54) is 0 Å². The molecule has 106 valence electrons. The average Bonchev–Trinajstić information content (AvgIpc) is 2.33. The van der Waals surface area contributed by atoms with E-state index in [0.717, 1.165) is 0 Å². The molecule has 0 saturated carbocycles. The molecule has 1 rings (SSSR count). The Bertz CT molecular complexity index is 478. The minimum atomic E-state index is -0.932. The minimum absolute atomic E-state index is 0.273. The number of anilines is 1. The molecule has 0 aromatic heterocycles. The molecular formula is C13H18BrClN2O2. The van der Waals surface area contributed by atoms with Gasteiger partial charge in [0.05, 0.1) is 22.3 Å². The van der Waals surface area contributed by atoms with Crippen molar-refractivity contribution < 1.29 is 9.53 Å². The third kappa shape index (κ3) is 4.09. The summed E-state index contributed by atoms with van der Waals surface area (Å²) in [5.41, 5.74) is 5.49. The second kappa shape index (κ2) is 6.59. The van der Waals surface area contributed by atoms with Crippen LogP contribution in [0.3, 0.4) is 0 Å². The number of nitrogens with one attached hydrogen (secondary N) is 1. The molecule has 0 bridgehead atoms. The van der Waals surface area contributed by atoms with Crippen LogP contribution in [-0.2, 0) is 4.79 Å². The highest BCUT2D eigenvalue weighted by Crippen LogP contribution is 2.37. The maximum atomic E-state index is 12.1. The van der Waals surface area contributed by atoms with Gasteiger partial charge in [0.1, 0.15) is 0 Å². The van der Waals surface area contributed by atoms with Gasteiger partial charge in [-0.25, -0.2) is 0 Å². The van der Waals surface area contributed by atoms with Crippen molar-refractivity contribution >= 4 is 39.1 Å². The first kappa shape index (κ1) is 16.3. The molecular weight excluding hydrogens is 332 g/mol. The summed E-state index contributed by atoms with van der Waals surface area (Å²) >= 11 is 9.35. The molecule has 1 unspecified atom stereocenters. The van der Waals surface area contributed by atoms with E-state index in [-0.39, 0.29) is 5.91 Å². The van der Waals surface area contributed by atoms with Gasteiger partial charge in [-0.15, -0.1) is 0 Å². The Kier molecular flexibility index (Phi) is 5.64. The van der Waals surface area contributed by atoms with Crippen LogP contribution >= 0.6 is 27.5 Å². The molecule has 1 atom stereocenters. The normalized spacial score (nSPS) is 13.8. The molecule has 0 fully saturated rings. The number of rotatable bonds is 5. The lowest BCUT2D eigenvalue weighted by Crippen LogP contribution is -2.47. The summed E-state index contributed by atoms with van der Waals surface area (Å²) < 4.78 is 6.20. The largest absolute Gasteiger partial charge is 0.491 e. The molecule has 0 aliphatic rings. The van der Waals surface area contributed by atoms with E-state index in [2.05, 4.69) is 21.2 Å². The lowest BCUT2D eigenvalue weighted by Gasteiger charge is -2.23. The van der Waals surface area contributed by atoms with E-state index in [4.69, 9.17) is 22.1 Å². The van der Waals surface area contributed by atoms with Crippen LogP contribution in [0.25, 0.3) is 0 Å². The van der Waals surface area contributed by atoms with Gasteiger partial charge in [0.15, 0.2) is 5.75 Å². The summed E-state index contributed by atoms with van der Waals surface area (Å²) in [6.45, 7) is 5.89. The van der Waals surface area contributed by atoms with E-state index in [1.807, 2.05) is 13.8 Å². The summed E-state index contributed by atoms with van der Waals surface area (Å²) in [7, 11) is 0. The zero-order chi connectivity index (χ0) is 14.6. The smallest absolute Gasteiger partial charge is 0.244 e. The molecule has 0 spiro atoms. The molecule has 0 radical (unpaired) electrons. The molecule has 19 heavy (non-hydrogen) atoms. The molecule has 1 amide bonds. The van der Waals surface area contributed by atoms with Crippen molar-refractivity contribution in [2.24, 2.45) is 5.73 Å². The Morgan fingerprint density at radius 1 is 1.53 bits per heavy atom. The summed E-state index contributed by atoms with van der Waals surface area (Å²) in [6.07, 6.45) is 0.532. The summed E-state index contributed by atoms with van der Waals surface area (Å²) in [5.74, 6) is 0.275. The second-order valence-corrected chi connectivity index (χ2v) is 5.71. The zero-order valence-corrected chi connectivity index (χ0v) is 13.6. The fourth-order valence-electron chi connectivity index (χ4n) is 1.37. The van der Waals surface area contributed by atoms with E-state index in [9.17, 15) is 4.79 Å². The predicted molar refractivity (Wildman–Crippen MR) is 81.8 cm³/mol. The number of hydrogen-bond acceptors (Lipinski definition) is 3. The number of ether oxygens (including phenoxy) is 1. The second-order valence-electron chi connectivity index (χ2n) is 4.42. The molecule has 1 aromatic rings. The average molecular weight is 350 g/mol. The first-order valence-corrected chi connectivity index (χ1v) is 7.21. The van der Waals surface area contributed by atoms with E-state index >= 15 is 0 Å². The first-order valence-electron chi connectivity index (χ1n) is 6.04. The number of benzene rings is 1. The van der Waals surface area contributed by atoms with Crippen LogP contribution in [0.15, 0.2) is 16.6 Å². The Labute approximate surface area is 126 Å². The number of carbonyl (C=O) groups excluding carboxylic acids is 1. The topological polar surface area (TPSA) is 64.3 Å². The SMILES string of the molecule is CCOc1c(Br)cc(Cl)cc1NC(=O)C(C)(N)CC. The standard InChI is InChI=1S/C13H18BrClN2O2/c1-4-13(3,16)12(18)17-10-7-8(15)6-9(14)11(10)19-5-2/h6-7H,4-5,16H2,1-3H3,(H,17,18). The Morgan fingerprint density at radius 2 is 2.16 bits per heavy atom. The molecule has 4 nitrogen and oxygen atoms in total. The fourth-order valence-corrected chi connectivity index (χ4v) is 2.29. The van der Waals surface area contributed by atoms with Crippen LogP contribution < -0.4 is 15.8 Å². The fraction of sp³-hybridized carbons (Fsp3) is 0.462. The quantitative estimate of drug-likeness (QED) is 0.854. The van der Waals surface area contributed by atoms with E-state index in [0.29, 0.717) is 34.0 Å². The first-order chi connectivity index (χ1) is 8.81. The van der Waals surface area contributed by atoms with Crippen LogP contribution in [-0.4, -0.2) is 18.1 Å². The lowest BCUT2D eigenvalue weighted by molar-refractivity contribution is -0.120. The van der Waals surface area contributed by atoms with Gasteiger partial charge in [-0.1, -0.05) is 18.5 Å². The van der Waals surface area contributed by atoms with Gasteiger partial charge in [-0.05, 0) is 48.3 Å². The maximum absolute atomic E-state index is 12.1. The van der Waals surface area contributed by atoms with Gasteiger partial charge in [0.25, 0.3) is 0 Å². The van der Waals surface area contributed by atoms with Crippen LogP contribution in [0.1, 0.15) is 27.2 Å². The number of amides is 1. The van der Waals surface area contributed by atoms with Gasteiger partial charge >= 0.3 is 0 Å². The summed E-state index contributed by atoms with van der Waals surface area (Å²) in [4.78, 5) is 12.1. The summed E-state index contributed by atoms with van der Waals surface area (Å²) in [5, 5.41) is 3.27. The molecule has 1 aromatic carbocycles. The Hall–Kier alpha value is -0.780. The third-order valence-electron chi connectivity index (χ3n) is 2.80.